The zero-order valence-electron chi connectivity index (χ0n) is 19.4. The van der Waals surface area contributed by atoms with Crippen molar-refractivity contribution in [1.82, 2.24) is 4.98 Å². The van der Waals surface area contributed by atoms with Gasteiger partial charge in [0.05, 0.1) is 17.6 Å². The number of nitrogens with two attached hydrogens (primary N) is 1. The lowest BCUT2D eigenvalue weighted by atomic mass is 9.85. The molecule has 3 nitrogen and oxygen atoms in total. The summed E-state index contributed by atoms with van der Waals surface area (Å²) in [6.45, 7) is 17.3. The van der Waals surface area contributed by atoms with Gasteiger partial charge in [0.2, 0.25) is 0 Å². The van der Waals surface area contributed by atoms with Crippen molar-refractivity contribution < 1.29 is 4.39 Å². The van der Waals surface area contributed by atoms with Crippen LogP contribution in [0.25, 0.3) is 0 Å². The summed E-state index contributed by atoms with van der Waals surface area (Å²) in [5, 5.41) is 3.23. The van der Waals surface area contributed by atoms with Crippen LogP contribution in [0.15, 0.2) is 108 Å². The molecule has 168 valence electrons. The van der Waals surface area contributed by atoms with Crippen molar-refractivity contribution in [2.24, 2.45) is 5.73 Å². The maximum Gasteiger partial charge on any atom is 0.111 e. The summed E-state index contributed by atoms with van der Waals surface area (Å²) in [6, 6.07) is 2.04. The normalized spacial score (nSPS) is 16.8. The molecule has 1 aliphatic carbocycles. The number of halogens is 1. The fraction of sp³-hybridized carbons (Fsp3) is 0.250. The second kappa shape index (κ2) is 11.8. The quantitative estimate of drug-likeness (QED) is 0.388. The molecule has 0 aromatic carbocycles. The van der Waals surface area contributed by atoms with Gasteiger partial charge in [-0.1, -0.05) is 57.0 Å². The number of hydrogen-bond acceptors (Lipinski definition) is 3. The summed E-state index contributed by atoms with van der Waals surface area (Å²) >= 11 is 0. The van der Waals surface area contributed by atoms with Crippen molar-refractivity contribution in [3.63, 3.8) is 0 Å². The first-order chi connectivity index (χ1) is 15.3. The number of rotatable bonds is 10. The first-order valence-electron chi connectivity index (χ1n) is 10.7. The molecule has 1 aromatic rings. The highest BCUT2D eigenvalue weighted by molar-refractivity contribution is 5.54. The highest BCUT2D eigenvalue weighted by atomic mass is 19.1. The minimum Gasteiger partial charge on any atom is -0.405 e. The SMILES string of the molecule is C=C/C=C(\CF)CC(=C)Nc1cnc(C(C)C(/C=C\N)=C2\C=C(C=C)C(C)=CC2)c(C)c1. The number of nitrogens with zero attached hydrogens (tertiary/aromatic N) is 1. The van der Waals surface area contributed by atoms with Gasteiger partial charge in [0.25, 0.3) is 0 Å². The van der Waals surface area contributed by atoms with Crippen LogP contribution in [0.3, 0.4) is 0 Å². The van der Waals surface area contributed by atoms with Gasteiger partial charge in [-0.2, -0.15) is 0 Å². The van der Waals surface area contributed by atoms with Crippen molar-refractivity contribution in [2.75, 3.05) is 12.0 Å². The molecule has 3 N–H and O–H groups in total. The standard InChI is InChI=1S/C28H34FN3/c1-7-9-23(17-29)15-21(5)32-26-14-20(4)28(31-18-26)22(6)27(12-13-30)25-11-10-19(3)24(8-2)16-25/h7-10,12-14,16,18,22,32H,1-2,5,11,15,17,30H2,3-4,6H3/b13-12-,23-9-,27-25-. The average molecular weight is 432 g/mol. The monoisotopic (exact) mass is 431 g/mol. The van der Waals surface area contributed by atoms with Crippen molar-refractivity contribution in [3.05, 3.63) is 119 Å². The predicted octanol–water partition coefficient (Wildman–Crippen LogP) is 7.12. The van der Waals surface area contributed by atoms with Crippen LogP contribution < -0.4 is 11.1 Å². The van der Waals surface area contributed by atoms with Crippen LogP contribution in [-0.4, -0.2) is 11.7 Å². The van der Waals surface area contributed by atoms with E-state index in [0.29, 0.717) is 17.7 Å². The molecule has 0 amide bonds. The number of alkyl halides is 1. The third kappa shape index (κ3) is 6.30. The van der Waals surface area contributed by atoms with E-state index >= 15 is 0 Å². The minimum absolute atomic E-state index is 0.0600. The Labute approximate surface area is 192 Å². The molecule has 1 aliphatic rings. The van der Waals surface area contributed by atoms with E-state index in [9.17, 15) is 4.39 Å². The van der Waals surface area contributed by atoms with Crippen LogP contribution in [0.5, 0.6) is 0 Å². The van der Waals surface area contributed by atoms with Gasteiger partial charge in [0.1, 0.15) is 6.67 Å². The molecule has 1 heterocycles. The maximum atomic E-state index is 13.1. The predicted molar refractivity (Wildman–Crippen MR) is 136 cm³/mol. The largest absolute Gasteiger partial charge is 0.405 e. The number of hydrogen-bond donors (Lipinski definition) is 2. The van der Waals surface area contributed by atoms with Gasteiger partial charge < -0.3 is 11.1 Å². The maximum absolute atomic E-state index is 13.1. The molecule has 0 saturated carbocycles. The van der Waals surface area contributed by atoms with Crippen LogP contribution >= 0.6 is 0 Å². The molecule has 0 saturated heterocycles. The van der Waals surface area contributed by atoms with E-state index in [0.717, 1.165) is 34.5 Å². The Morgan fingerprint density at radius 1 is 1.34 bits per heavy atom. The summed E-state index contributed by atoms with van der Waals surface area (Å²) in [4.78, 5) is 4.75. The Kier molecular flexibility index (Phi) is 9.21. The molecule has 0 bridgehead atoms. The molecule has 0 aliphatic heterocycles. The lowest BCUT2D eigenvalue weighted by Gasteiger charge is -2.21. The van der Waals surface area contributed by atoms with Crippen LogP contribution in [0.2, 0.25) is 0 Å². The highest BCUT2D eigenvalue weighted by Gasteiger charge is 2.18. The van der Waals surface area contributed by atoms with Gasteiger partial charge in [-0.3, -0.25) is 4.98 Å². The third-order valence-electron chi connectivity index (χ3n) is 5.56. The second-order valence-corrected chi connectivity index (χ2v) is 7.98. The van der Waals surface area contributed by atoms with E-state index < -0.39 is 6.67 Å². The molecule has 1 unspecified atom stereocenters. The molecule has 4 heteroatoms. The van der Waals surface area contributed by atoms with Crippen molar-refractivity contribution in [1.29, 1.82) is 0 Å². The van der Waals surface area contributed by atoms with Gasteiger partial charge in [0.15, 0.2) is 0 Å². The molecule has 1 atom stereocenters. The van der Waals surface area contributed by atoms with E-state index in [1.165, 1.54) is 11.1 Å². The van der Waals surface area contributed by atoms with Crippen molar-refractivity contribution in [2.45, 2.75) is 39.5 Å². The van der Waals surface area contributed by atoms with Gasteiger partial charge in [-0.25, -0.2) is 4.39 Å². The molecule has 0 fully saturated rings. The molecule has 2 rings (SSSR count). The van der Waals surface area contributed by atoms with E-state index in [1.54, 1.807) is 24.5 Å². The number of pyridine rings is 1. The Balaban J connectivity index is 2.29. The van der Waals surface area contributed by atoms with Crippen molar-refractivity contribution in [3.8, 4) is 0 Å². The van der Waals surface area contributed by atoms with Gasteiger partial charge in [-0.15, -0.1) is 0 Å². The molecule has 0 radical (unpaired) electrons. The fourth-order valence-electron chi connectivity index (χ4n) is 3.89. The van der Waals surface area contributed by atoms with E-state index in [2.05, 4.69) is 51.1 Å². The second-order valence-electron chi connectivity index (χ2n) is 7.98. The molecule has 0 spiro atoms. The number of aryl methyl sites for hydroxylation is 1. The molecular weight excluding hydrogens is 397 g/mol. The fourth-order valence-corrected chi connectivity index (χ4v) is 3.89. The summed E-state index contributed by atoms with van der Waals surface area (Å²) in [5.41, 5.74) is 14.7. The Morgan fingerprint density at radius 2 is 2.09 bits per heavy atom. The first-order valence-corrected chi connectivity index (χ1v) is 10.7. The van der Waals surface area contributed by atoms with Gasteiger partial charge in [0, 0.05) is 18.0 Å². The average Bonchev–Trinajstić information content (AvgIpc) is 2.77. The number of allylic oxidation sites excluding steroid dienone is 11. The molecule has 32 heavy (non-hydrogen) atoms. The van der Waals surface area contributed by atoms with E-state index in [1.807, 2.05) is 25.1 Å². The smallest absolute Gasteiger partial charge is 0.111 e. The van der Waals surface area contributed by atoms with Crippen molar-refractivity contribution >= 4 is 5.69 Å². The molecule has 1 aromatic heterocycles. The summed E-state index contributed by atoms with van der Waals surface area (Å²) < 4.78 is 13.1. The van der Waals surface area contributed by atoms with Crippen LogP contribution in [-0.2, 0) is 0 Å². The summed E-state index contributed by atoms with van der Waals surface area (Å²) in [7, 11) is 0. The Bertz CT molecular complexity index is 1030. The first kappa shape index (κ1) is 24.9. The highest BCUT2D eigenvalue weighted by Crippen LogP contribution is 2.34. The Morgan fingerprint density at radius 3 is 2.69 bits per heavy atom. The van der Waals surface area contributed by atoms with Crippen LogP contribution in [0.1, 0.15) is 43.9 Å². The zero-order valence-corrected chi connectivity index (χ0v) is 19.4. The van der Waals surface area contributed by atoms with Gasteiger partial charge in [-0.05, 0) is 72.0 Å². The number of nitrogens with one attached hydrogen (secondary N) is 1. The number of anilines is 1. The van der Waals surface area contributed by atoms with Crippen LogP contribution in [0, 0.1) is 6.92 Å². The third-order valence-corrected chi connectivity index (χ3v) is 5.56. The zero-order chi connectivity index (χ0) is 23.7. The molecular formula is C28H34FN3. The van der Waals surface area contributed by atoms with Gasteiger partial charge >= 0.3 is 0 Å². The lowest BCUT2D eigenvalue weighted by molar-refractivity contribution is 0.536. The number of aromatic nitrogens is 1. The summed E-state index contributed by atoms with van der Waals surface area (Å²) in [5.74, 6) is 0.0600. The Hall–Kier alpha value is -3.40. The minimum atomic E-state index is -0.525. The summed E-state index contributed by atoms with van der Waals surface area (Å²) in [6.07, 6.45) is 16.2. The topological polar surface area (TPSA) is 50.9 Å². The van der Waals surface area contributed by atoms with Crippen LogP contribution in [0.4, 0.5) is 10.1 Å². The van der Waals surface area contributed by atoms with E-state index in [4.69, 9.17) is 10.7 Å². The lowest BCUT2D eigenvalue weighted by Crippen LogP contribution is -2.08. The van der Waals surface area contributed by atoms with E-state index in [-0.39, 0.29) is 5.92 Å².